The van der Waals surface area contributed by atoms with Gasteiger partial charge in [-0.05, 0) is 41.5 Å². The number of hydrogen-bond acceptors (Lipinski definition) is 3. The zero-order chi connectivity index (χ0) is 20.8. The number of hydrogen-bond donors (Lipinski definition) is 0. The van der Waals surface area contributed by atoms with Crippen molar-refractivity contribution in [3.8, 4) is 22.8 Å². The lowest BCUT2D eigenvalue weighted by Gasteiger charge is -2.17. The Kier molecular flexibility index (Phi) is 6.92. The number of methoxy groups -OCH3 is 1. The van der Waals surface area contributed by atoms with Gasteiger partial charge in [0.15, 0.2) is 0 Å². The van der Waals surface area contributed by atoms with Crippen molar-refractivity contribution in [3.63, 3.8) is 0 Å². The fourth-order valence-electron chi connectivity index (χ4n) is 3.72. The minimum atomic E-state index is 0.409. The first-order chi connectivity index (χ1) is 14.1. The van der Waals surface area contributed by atoms with E-state index in [1.54, 1.807) is 7.11 Å². The Morgan fingerprint density at radius 3 is 2.17 bits per heavy atom. The topological polar surface area (TPSA) is 31.4 Å². The Bertz CT molecular complexity index is 940. The van der Waals surface area contributed by atoms with Crippen LogP contribution in [0.3, 0.4) is 0 Å². The van der Waals surface area contributed by atoms with Gasteiger partial charge in [0.2, 0.25) is 0 Å². The molecule has 0 amide bonds. The number of rotatable bonds is 8. The van der Waals surface area contributed by atoms with Crippen LogP contribution in [0.1, 0.15) is 55.9 Å². The Morgan fingerprint density at radius 2 is 1.55 bits per heavy atom. The smallest absolute Gasteiger partial charge is 0.129 e. The Morgan fingerprint density at radius 1 is 0.862 bits per heavy atom. The first-order valence-corrected chi connectivity index (χ1v) is 10.4. The molecule has 29 heavy (non-hydrogen) atoms. The fourth-order valence-corrected chi connectivity index (χ4v) is 3.72. The molecule has 0 saturated heterocycles. The summed E-state index contributed by atoms with van der Waals surface area (Å²) in [6.45, 7) is 9.15. The second kappa shape index (κ2) is 9.60. The molecular weight excluding hydrogens is 358 g/mol. The standard InChI is InChI=1S/C26H31NO2/c1-6-19-11-10-12-20(7-2)26(19)23-15-25(28-5)21(16-27-23)17-29-24-14-9-8-13-22(24)18(3)4/h8-16,18H,6-7,17H2,1-5H3. The van der Waals surface area contributed by atoms with Crippen LogP contribution in [0, 0.1) is 0 Å². The average molecular weight is 390 g/mol. The van der Waals surface area contributed by atoms with E-state index in [2.05, 4.69) is 58.0 Å². The molecule has 1 heterocycles. The average Bonchev–Trinajstić information content (AvgIpc) is 2.77. The monoisotopic (exact) mass is 389 g/mol. The third-order valence-corrected chi connectivity index (χ3v) is 5.34. The maximum atomic E-state index is 6.14. The summed E-state index contributed by atoms with van der Waals surface area (Å²) in [5.41, 5.74) is 6.97. The van der Waals surface area contributed by atoms with Gasteiger partial charge < -0.3 is 9.47 Å². The van der Waals surface area contributed by atoms with Crippen molar-refractivity contribution in [2.45, 2.75) is 53.1 Å². The van der Waals surface area contributed by atoms with Crippen molar-refractivity contribution in [2.75, 3.05) is 7.11 Å². The van der Waals surface area contributed by atoms with Crippen molar-refractivity contribution in [2.24, 2.45) is 0 Å². The number of para-hydroxylation sites is 1. The second-order valence-corrected chi connectivity index (χ2v) is 7.52. The highest BCUT2D eigenvalue weighted by Gasteiger charge is 2.14. The molecule has 3 rings (SSSR count). The number of aromatic nitrogens is 1. The van der Waals surface area contributed by atoms with Crippen LogP contribution in [0.4, 0.5) is 0 Å². The van der Waals surface area contributed by atoms with E-state index < -0.39 is 0 Å². The van der Waals surface area contributed by atoms with Gasteiger partial charge >= 0.3 is 0 Å². The van der Waals surface area contributed by atoms with Gasteiger partial charge in [-0.15, -0.1) is 0 Å². The summed E-state index contributed by atoms with van der Waals surface area (Å²) in [7, 11) is 1.71. The Hall–Kier alpha value is -2.81. The van der Waals surface area contributed by atoms with Crippen LogP contribution in [0.25, 0.3) is 11.3 Å². The summed E-state index contributed by atoms with van der Waals surface area (Å²) in [5.74, 6) is 2.13. The lowest BCUT2D eigenvalue weighted by molar-refractivity contribution is 0.292. The molecule has 0 aliphatic heterocycles. The predicted octanol–water partition coefficient (Wildman–Crippen LogP) is 6.58. The maximum absolute atomic E-state index is 6.14. The van der Waals surface area contributed by atoms with E-state index >= 15 is 0 Å². The van der Waals surface area contributed by atoms with E-state index in [4.69, 9.17) is 14.5 Å². The van der Waals surface area contributed by atoms with Gasteiger partial charge in [-0.3, -0.25) is 4.98 Å². The van der Waals surface area contributed by atoms with Gasteiger partial charge in [0, 0.05) is 23.4 Å². The quantitative estimate of drug-likeness (QED) is 0.436. The molecule has 152 valence electrons. The van der Waals surface area contributed by atoms with Gasteiger partial charge in [0.25, 0.3) is 0 Å². The minimum absolute atomic E-state index is 0.409. The van der Waals surface area contributed by atoms with E-state index in [1.165, 1.54) is 22.3 Å². The molecular formula is C26H31NO2. The van der Waals surface area contributed by atoms with Crippen LogP contribution in [0.2, 0.25) is 0 Å². The molecule has 0 bridgehead atoms. The Balaban J connectivity index is 1.91. The highest BCUT2D eigenvalue weighted by molar-refractivity contribution is 5.69. The number of benzene rings is 2. The summed E-state index contributed by atoms with van der Waals surface area (Å²) < 4.78 is 11.8. The summed E-state index contributed by atoms with van der Waals surface area (Å²) in [5, 5.41) is 0. The van der Waals surface area contributed by atoms with Crippen LogP contribution in [0.5, 0.6) is 11.5 Å². The molecule has 0 fully saturated rings. The molecule has 0 aliphatic carbocycles. The van der Waals surface area contributed by atoms with Crippen LogP contribution in [-0.2, 0) is 19.4 Å². The zero-order valence-corrected chi connectivity index (χ0v) is 18.2. The molecule has 3 heteroatoms. The lowest BCUT2D eigenvalue weighted by atomic mass is 9.94. The molecule has 0 atom stereocenters. The highest BCUT2D eigenvalue weighted by atomic mass is 16.5. The molecule has 2 aromatic carbocycles. The maximum Gasteiger partial charge on any atom is 0.129 e. The van der Waals surface area contributed by atoms with Crippen LogP contribution < -0.4 is 9.47 Å². The summed E-state index contributed by atoms with van der Waals surface area (Å²) in [4.78, 5) is 4.78. The van der Waals surface area contributed by atoms with Gasteiger partial charge in [-0.25, -0.2) is 0 Å². The number of pyridine rings is 1. The molecule has 3 nitrogen and oxygen atoms in total. The molecule has 0 spiro atoms. The molecule has 3 aromatic rings. The van der Waals surface area contributed by atoms with Crippen molar-refractivity contribution < 1.29 is 9.47 Å². The van der Waals surface area contributed by atoms with Crippen LogP contribution >= 0.6 is 0 Å². The lowest BCUT2D eigenvalue weighted by Crippen LogP contribution is -2.04. The molecule has 0 radical (unpaired) electrons. The number of nitrogens with zero attached hydrogens (tertiary/aromatic N) is 1. The van der Waals surface area contributed by atoms with E-state index in [0.717, 1.165) is 35.6 Å². The van der Waals surface area contributed by atoms with Gasteiger partial charge in [-0.2, -0.15) is 0 Å². The largest absolute Gasteiger partial charge is 0.496 e. The highest BCUT2D eigenvalue weighted by Crippen LogP contribution is 2.32. The number of aryl methyl sites for hydroxylation is 2. The SMILES string of the molecule is CCc1cccc(CC)c1-c1cc(OC)c(COc2ccccc2C(C)C)cn1. The minimum Gasteiger partial charge on any atom is -0.496 e. The van der Waals surface area contributed by atoms with Crippen molar-refractivity contribution in [1.29, 1.82) is 0 Å². The second-order valence-electron chi connectivity index (χ2n) is 7.52. The van der Waals surface area contributed by atoms with E-state index in [-0.39, 0.29) is 0 Å². The summed E-state index contributed by atoms with van der Waals surface area (Å²) >= 11 is 0. The molecule has 0 unspecified atom stereocenters. The van der Waals surface area contributed by atoms with E-state index in [9.17, 15) is 0 Å². The van der Waals surface area contributed by atoms with Crippen LogP contribution in [0.15, 0.2) is 54.7 Å². The zero-order valence-electron chi connectivity index (χ0n) is 18.2. The van der Waals surface area contributed by atoms with Gasteiger partial charge in [0.05, 0.1) is 12.8 Å². The van der Waals surface area contributed by atoms with Crippen molar-refractivity contribution in [3.05, 3.63) is 77.0 Å². The summed E-state index contributed by atoms with van der Waals surface area (Å²) in [6, 6.07) is 16.7. The molecule has 0 saturated carbocycles. The Labute approximate surface area is 174 Å². The third kappa shape index (κ3) is 4.61. The molecule has 0 N–H and O–H groups in total. The predicted molar refractivity (Wildman–Crippen MR) is 120 cm³/mol. The third-order valence-electron chi connectivity index (χ3n) is 5.34. The van der Waals surface area contributed by atoms with E-state index in [0.29, 0.717) is 12.5 Å². The number of ether oxygens (including phenoxy) is 2. The van der Waals surface area contributed by atoms with Crippen molar-refractivity contribution in [1.82, 2.24) is 4.98 Å². The van der Waals surface area contributed by atoms with Crippen molar-refractivity contribution >= 4 is 0 Å². The molecule has 1 aromatic heterocycles. The van der Waals surface area contributed by atoms with Gasteiger partial charge in [0.1, 0.15) is 18.1 Å². The first-order valence-electron chi connectivity index (χ1n) is 10.4. The first kappa shape index (κ1) is 20.9. The normalized spacial score (nSPS) is 11.0. The fraction of sp³-hybridized carbons (Fsp3) is 0.346. The van der Waals surface area contributed by atoms with Gasteiger partial charge in [-0.1, -0.05) is 64.1 Å². The molecule has 0 aliphatic rings. The van der Waals surface area contributed by atoms with Crippen LogP contribution in [-0.4, -0.2) is 12.1 Å². The summed E-state index contributed by atoms with van der Waals surface area (Å²) in [6.07, 6.45) is 3.84. The van der Waals surface area contributed by atoms with E-state index in [1.807, 2.05) is 24.4 Å².